The molecule has 1 aliphatic heterocycles. The van der Waals surface area contributed by atoms with E-state index in [4.69, 9.17) is 0 Å². The van der Waals surface area contributed by atoms with Gasteiger partial charge in [-0.1, -0.05) is 20.8 Å². The molecule has 0 aliphatic carbocycles. The summed E-state index contributed by atoms with van der Waals surface area (Å²) in [4.78, 5) is 1.60. The smallest absolute Gasteiger partial charge is 0.185 e. The van der Waals surface area contributed by atoms with Gasteiger partial charge in [-0.2, -0.15) is 0 Å². The molecule has 15 heavy (non-hydrogen) atoms. The molecular formula is C11H22F2N2. The van der Waals surface area contributed by atoms with Crippen molar-refractivity contribution in [2.45, 2.75) is 39.7 Å². The number of halogens is 2. The Labute approximate surface area is 91.0 Å². The molecule has 1 N–H and O–H groups in total. The summed E-state index contributed by atoms with van der Waals surface area (Å²) in [6.45, 7) is 8.16. The Morgan fingerprint density at radius 2 is 1.80 bits per heavy atom. The zero-order valence-corrected chi connectivity index (χ0v) is 9.89. The van der Waals surface area contributed by atoms with Crippen LogP contribution in [0.5, 0.6) is 0 Å². The number of rotatable bonds is 4. The molecule has 1 saturated heterocycles. The van der Waals surface area contributed by atoms with Crippen LogP contribution in [-0.4, -0.2) is 43.5 Å². The van der Waals surface area contributed by atoms with Gasteiger partial charge in [-0.05, 0) is 11.8 Å². The molecule has 0 bridgehead atoms. The van der Waals surface area contributed by atoms with E-state index in [9.17, 15) is 8.78 Å². The van der Waals surface area contributed by atoms with Crippen LogP contribution in [0.3, 0.4) is 0 Å². The Kier molecular flexibility index (Phi) is 4.46. The Bertz CT molecular complexity index is 191. The highest BCUT2D eigenvalue weighted by Crippen LogP contribution is 2.32. The van der Waals surface area contributed by atoms with Crippen LogP contribution in [0.25, 0.3) is 0 Å². The molecule has 2 nitrogen and oxygen atoms in total. The van der Waals surface area contributed by atoms with E-state index < -0.39 is 17.9 Å². The zero-order chi connectivity index (χ0) is 11.5. The van der Waals surface area contributed by atoms with Gasteiger partial charge >= 0.3 is 0 Å². The van der Waals surface area contributed by atoms with Crippen LogP contribution in [0, 0.1) is 5.41 Å². The number of hydrogen-bond donors (Lipinski definition) is 1. The van der Waals surface area contributed by atoms with Crippen molar-refractivity contribution in [3.05, 3.63) is 0 Å². The second kappa shape index (κ2) is 5.21. The maximum Gasteiger partial charge on any atom is 0.185 e. The van der Waals surface area contributed by atoms with Crippen molar-refractivity contribution in [2.75, 3.05) is 26.2 Å². The van der Waals surface area contributed by atoms with Gasteiger partial charge in [0.05, 0.1) is 0 Å². The lowest BCUT2D eigenvalue weighted by Gasteiger charge is -2.37. The van der Waals surface area contributed by atoms with E-state index >= 15 is 0 Å². The minimum Gasteiger partial charge on any atom is -0.314 e. The SMILES string of the molecule is CCC(C)(C)C(F)C(F)N1CCNCC1. The van der Waals surface area contributed by atoms with E-state index in [0.717, 1.165) is 13.1 Å². The van der Waals surface area contributed by atoms with Gasteiger partial charge in [-0.25, -0.2) is 8.78 Å². The van der Waals surface area contributed by atoms with E-state index in [0.29, 0.717) is 19.5 Å². The molecule has 0 aromatic carbocycles. The molecular weight excluding hydrogens is 198 g/mol. The highest BCUT2D eigenvalue weighted by molar-refractivity contribution is 4.84. The average molecular weight is 220 g/mol. The quantitative estimate of drug-likeness (QED) is 0.729. The lowest BCUT2D eigenvalue weighted by molar-refractivity contribution is -0.0440. The third-order valence-electron chi connectivity index (χ3n) is 3.40. The highest BCUT2D eigenvalue weighted by Gasteiger charge is 2.38. The summed E-state index contributed by atoms with van der Waals surface area (Å²) in [5.74, 6) is 0. The molecule has 2 atom stereocenters. The topological polar surface area (TPSA) is 15.3 Å². The van der Waals surface area contributed by atoms with Crippen LogP contribution in [0.1, 0.15) is 27.2 Å². The Morgan fingerprint density at radius 1 is 1.27 bits per heavy atom. The minimum atomic E-state index is -1.46. The zero-order valence-electron chi connectivity index (χ0n) is 9.89. The summed E-state index contributed by atoms with van der Waals surface area (Å²) >= 11 is 0. The molecule has 1 fully saturated rings. The van der Waals surface area contributed by atoms with Crippen LogP contribution in [0.15, 0.2) is 0 Å². The van der Waals surface area contributed by atoms with Crippen molar-refractivity contribution >= 4 is 0 Å². The number of nitrogens with zero attached hydrogens (tertiary/aromatic N) is 1. The first-order chi connectivity index (χ1) is 6.99. The van der Waals surface area contributed by atoms with E-state index in [1.807, 2.05) is 6.92 Å². The molecule has 90 valence electrons. The molecule has 0 aromatic heterocycles. The van der Waals surface area contributed by atoms with Crippen LogP contribution in [0.2, 0.25) is 0 Å². The fourth-order valence-corrected chi connectivity index (χ4v) is 1.68. The Balaban J connectivity index is 2.54. The van der Waals surface area contributed by atoms with E-state index in [1.165, 1.54) is 0 Å². The van der Waals surface area contributed by atoms with E-state index in [-0.39, 0.29) is 0 Å². The maximum atomic E-state index is 13.9. The summed E-state index contributed by atoms with van der Waals surface area (Å²) in [7, 11) is 0. The minimum absolute atomic E-state index is 0.579. The number of hydrogen-bond acceptors (Lipinski definition) is 2. The van der Waals surface area contributed by atoms with Crippen molar-refractivity contribution in [1.29, 1.82) is 0 Å². The van der Waals surface area contributed by atoms with Crippen LogP contribution >= 0.6 is 0 Å². The van der Waals surface area contributed by atoms with Crippen LogP contribution in [-0.2, 0) is 0 Å². The maximum absolute atomic E-state index is 13.9. The van der Waals surface area contributed by atoms with E-state index in [2.05, 4.69) is 5.32 Å². The lowest BCUT2D eigenvalue weighted by Crippen LogP contribution is -2.52. The lowest BCUT2D eigenvalue weighted by atomic mass is 9.84. The third-order valence-corrected chi connectivity index (χ3v) is 3.40. The van der Waals surface area contributed by atoms with Gasteiger partial charge in [0.1, 0.15) is 6.17 Å². The normalized spacial score (nSPS) is 23.8. The number of nitrogens with one attached hydrogen (secondary N) is 1. The highest BCUT2D eigenvalue weighted by atomic mass is 19.2. The van der Waals surface area contributed by atoms with Gasteiger partial charge in [0.2, 0.25) is 0 Å². The van der Waals surface area contributed by atoms with Gasteiger partial charge in [-0.3, -0.25) is 4.90 Å². The fraction of sp³-hybridized carbons (Fsp3) is 1.00. The molecule has 1 heterocycles. The molecule has 0 spiro atoms. The first-order valence-corrected chi connectivity index (χ1v) is 5.72. The summed E-state index contributed by atoms with van der Waals surface area (Å²) in [6, 6.07) is 0. The predicted octanol–water partition coefficient (Wildman–Crippen LogP) is 1.96. The summed E-state index contributed by atoms with van der Waals surface area (Å²) in [5.41, 5.74) is -0.579. The Hall–Kier alpha value is -0.220. The van der Waals surface area contributed by atoms with Crippen LogP contribution < -0.4 is 5.32 Å². The number of piperazine rings is 1. The van der Waals surface area contributed by atoms with Crippen molar-refractivity contribution in [2.24, 2.45) is 5.41 Å². The monoisotopic (exact) mass is 220 g/mol. The molecule has 1 aliphatic rings. The molecule has 1 rings (SSSR count). The Morgan fingerprint density at radius 3 is 2.27 bits per heavy atom. The first kappa shape index (κ1) is 12.8. The summed E-state index contributed by atoms with van der Waals surface area (Å²) in [6.07, 6.45) is -2.21. The van der Waals surface area contributed by atoms with Gasteiger partial charge in [0.25, 0.3) is 0 Å². The summed E-state index contributed by atoms with van der Waals surface area (Å²) < 4.78 is 27.8. The second-order valence-corrected chi connectivity index (χ2v) is 4.90. The molecule has 2 unspecified atom stereocenters. The van der Waals surface area contributed by atoms with Gasteiger partial charge in [0, 0.05) is 26.2 Å². The van der Waals surface area contributed by atoms with E-state index in [1.54, 1.807) is 18.7 Å². The number of alkyl halides is 2. The average Bonchev–Trinajstić information content (AvgIpc) is 2.28. The van der Waals surface area contributed by atoms with Crippen molar-refractivity contribution in [1.82, 2.24) is 10.2 Å². The van der Waals surface area contributed by atoms with Crippen LogP contribution in [0.4, 0.5) is 8.78 Å². The van der Waals surface area contributed by atoms with Crippen molar-refractivity contribution in [3.8, 4) is 0 Å². The predicted molar refractivity (Wildman–Crippen MR) is 58.3 cm³/mol. The largest absolute Gasteiger partial charge is 0.314 e. The molecule has 0 radical (unpaired) electrons. The molecule has 0 aromatic rings. The summed E-state index contributed by atoms with van der Waals surface area (Å²) in [5, 5.41) is 3.13. The molecule has 0 amide bonds. The third kappa shape index (κ3) is 3.11. The van der Waals surface area contributed by atoms with Crippen molar-refractivity contribution < 1.29 is 8.78 Å². The first-order valence-electron chi connectivity index (χ1n) is 5.72. The second-order valence-electron chi connectivity index (χ2n) is 4.90. The standard InChI is InChI=1S/C11H22F2N2/c1-4-11(2,3)9(12)10(13)15-7-5-14-6-8-15/h9-10,14H,4-8H2,1-3H3. The van der Waals surface area contributed by atoms with Gasteiger partial charge < -0.3 is 5.32 Å². The molecule has 0 saturated carbocycles. The van der Waals surface area contributed by atoms with Crippen molar-refractivity contribution in [3.63, 3.8) is 0 Å². The van der Waals surface area contributed by atoms with Gasteiger partial charge in [0.15, 0.2) is 6.30 Å². The van der Waals surface area contributed by atoms with Gasteiger partial charge in [-0.15, -0.1) is 0 Å². The molecule has 4 heteroatoms. The fourth-order valence-electron chi connectivity index (χ4n) is 1.68.